The molecular weight excluding hydrogens is 276 g/mol. The number of nitrogens with zero attached hydrogens (tertiary/aromatic N) is 1. The van der Waals surface area contributed by atoms with Crippen molar-refractivity contribution in [2.75, 3.05) is 11.5 Å². The molecule has 0 bridgehead atoms. The van der Waals surface area contributed by atoms with E-state index >= 15 is 0 Å². The van der Waals surface area contributed by atoms with Crippen molar-refractivity contribution in [3.8, 4) is 0 Å². The van der Waals surface area contributed by atoms with Crippen LogP contribution >= 0.6 is 11.6 Å². The summed E-state index contributed by atoms with van der Waals surface area (Å²) in [4.78, 5) is 15.7. The molecule has 0 aliphatic carbocycles. The van der Waals surface area contributed by atoms with Crippen LogP contribution in [0.15, 0.2) is 18.5 Å². The van der Waals surface area contributed by atoms with E-state index in [-0.39, 0.29) is 23.5 Å². The summed E-state index contributed by atoms with van der Waals surface area (Å²) in [6.45, 7) is 0. The van der Waals surface area contributed by atoms with Crippen molar-refractivity contribution in [1.82, 2.24) is 10.3 Å². The molecule has 0 radical (unpaired) electrons. The van der Waals surface area contributed by atoms with Gasteiger partial charge in [-0.2, -0.15) is 0 Å². The molecular formula is C11H13ClN2O3S. The number of sulfone groups is 1. The molecule has 1 N–H and O–H groups in total. The third-order valence-corrected chi connectivity index (χ3v) is 4.92. The van der Waals surface area contributed by atoms with Gasteiger partial charge in [0.1, 0.15) is 9.84 Å². The molecule has 1 amide bonds. The number of nitrogens with one attached hydrogen (secondary N) is 1. The molecule has 1 aliphatic rings. The Labute approximate surface area is 110 Å². The molecule has 1 aromatic heterocycles. The van der Waals surface area contributed by atoms with Gasteiger partial charge in [-0.3, -0.25) is 9.78 Å². The van der Waals surface area contributed by atoms with Gasteiger partial charge in [0.25, 0.3) is 5.91 Å². The molecule has 0 aromatic carbocycles. The first-order chi connectivity index (χ1) is 8.48. The highest BCUT2D eigenvalue weighted by Gasteiger charge is 2.25. The molecule has 0 spiro atoms. The fourth-order valence-corrected chi connectivity index (χ4v) is 3.55. The molecule has 1 saturated heterocycles. The fourth-order valence-electron chi connectivity index (χ4n) is 1.86. The van der Waals surface area contributed by atoms with Crippen molar-refractivity contribution >= 4 is 27.3 Å². The van der Waals surface area contributed by atoms with Crippen LogP contribution < -0.4 is 5.32 Å². The van der Waals surface area contributed by atoms with Crippen molar-refractivity contribution in [2.24, 2.45) is 0 Å². The van der Waals surface area contributed by atoms with Crippen molar-refractivity contribution in [3.05, 3.63) is 29.0 Å². The van der Waals surface area contributed by atoms with Crippen LogP contribution in [-0.2, 0) is 9.84 Å². The molecule has 2 heterocycles. The van der Waals surface area contributed by atoms with Gasteiger partial charge in [-0.1, -0.05) is 11.6 Å². The summed E-state index contributed by atoms with van der Waals surface area (Å²) < 4.78 is 22.5. The first-order valence-corrected chi connectivity index (χ1v) is 7.79. The van der Waals surface area contributed by atoms with Crippen LogP contribution in [-0.4, -0.2) is 36.9 Å². The Hall–Kier alpha value is -1.14. The van der Waals surface area contributed by atoms with E-state index in [2.05, 4.69) is 10.3 Å². The van der Waals surface area contributed by atoms with Crippen LogP contribution in [0, 0.1) is 0 Å². The Morgan fingerprint density at radius 1 is 1.39 bits per heavy atom. The highest BCUT2D eigenvalue weighted by atomic mass is 35.5. The third-order valence-electron chi connectivity index (χ3n) is 2.91. The molecule has 1 fully saturated rings. The number of amides is 1. The van der Waals surface area contributed by atoms with Crippen molar-refractivity contribution in [2.45, 2.75) is 18.9 Å². The number of hydrogen-bond donors (Lipinski definition) is 1. The Balaban J connectivity index is 1.99. The minimum Gasteiger partial charge on any atom is -0.349 e. The normalized spacial score (nSPS) is 19.4. The van der Waals surface area contributed by atoms with E-state index in [4.69, 9.17) is 11.6 Å². The summed E-state index contributed by atoms with van der Waals surface area (Å²) in [5.41, 5.74) is 0.361. The molecule has 1 aromatic rings. The van der Waals surface area contributed by atoms with Crippen LogP contribution in [0.1, 0.15) is 23.2 Å². The molecule has 1 aliphatic heterocycles. The first kappa shape index (κ1) is 13.3. The molecule has 0 saturated carbocycles. The van der Waals surface area contributed by atoms with Gasteiger partial charge in [-0.25, -0.2) is 8.42 Å². The number of aromatic nitrogens is 1. The predicted molar refractivity (Wildman–Crippen MR) is 68.4 cm³/mol. The average molecular weight is 289 g/mol. The third kappa shape index (κ3) is 3.20. The maximum Gasteiger partial charge on any atom is 0.253 e. The summed E-state index contributed by atoms with van der Waals surface area (Å²) in [6, 6.07) is 1.43. The minimum absolute atomic E-state index is 0.106. The zero-order chi connectivity index (χ0) is 13.2. The van der Waals surface area contributed by atoms with Crippen molar-refractivity contribution < 1.29 is 13.2 Å². The van der Waals surface area contributed by atoms with Crippen LogP contribution in [0.5, 0.6) is 0 Å². The lowest BCUT2D eigenvalue weighted by molar-refractivity contribution is 0.0934. The second-order valence-corrected chi connectivity index (χ2v) is 6.97. The van der Waals surface area contributed by atoms with E-state index in [1.165, 1.54) is 18.5 Å². The summed E-state index contributed by atoms with van der Waals surface area (Å²) in [5, 5.41) is 3.09. The van der Waals surface area contributed by atoms with Gasteiger partial charge >= 0.3 is 0 Å². The molecule has 18 heavy (non-hydrogen) atoms. The van der Waals surface area contributed by atoms with Crippen LogP contribution in [0.4, 0.5) is 0 Å². The number of halogens is 1. The maximum absolute atomic E-state index is 11.9. The summed E-state index contributed by atoms with van der Waals surface area (Å²) >= 11 is 5.86. The summed E-state index contributed by atoms with van der Waals surface area (Å²) in [5.74, 6) is -0.0314. The minimum atomic E-state index is -2.91. The van der Waals surface area contributed by atoms with E-state index < -0.39 is 9.84 Å². The largest absolute Gasteiger partial charge is 0.349 e. The second kappa shape index (κ2) is 5.24. The topological polar surface area (TPSA) is 76.1 Å². The average Bonchev–Trinajstić information content (AvgIpc) is 2.32. The smallest absolute Gasteiger partial charge is 0.253 e. The lowest BCUT2D eigenvalue weighted by atomic mass is 10.1. The Morgan fingerprint density at radius 2 is 2.06 bits per heavy atom. The van der Waals surface area contributed by atoms with Gasteiger partial charge < -0.3 is 5.32 Å². The lowest BCUT2D eigenvalue weighted by Crippen LogP contribution is -2.40. The summed E-state index contributed by atoms with van der Waals surface area (Å²) in [7, 11) is -2.91. The monoisotopic (exact) mass is 288 g/mol. The second-order valence-electron chi connectivity index (χ2n) is 4.26. The lowest BCUT2D eigenvalue weighted by Gasteiger charge is -2.23. The summed E-state index contributed by atoms with van der Waals surface area (Å²) in [6.07, 6.45) is 3.81. The SMILES string of the molecule is O=C(NC1CCS(=O)(=O)CC1)c1ccncc1Cl. The van der Waals surface area contributed by atoms with Gasteiger partial charge in [0.05, 0.1) is 22.1 Å². The van der Waals surface area contributed by atoms with E-state index in [0.717, 1.165) is 0 Å². The van der Waals surface area contributed by atoms with E-state index in [0.29, 0.717) is 23.4 Å². The van der Waals surface area contributed by atoms with Crippen LogP contribution in [0.3, 0.4) is 0 Å². The van der Waals surface area contributed by atoms with Crippen LogP contribution in [0.2, 0.25) is 5.02 Å². The predicted octanol–water partition coefficient (Wildman–Crippen LogP) is 1.04. The van der Waals surface area contributed by atoms with Crippen molar-refractivity contribution in [1.29, 1.82) is 0 Å². The number of carbonyl (C=O) groups excluding carboxylic acids is 1. The Kier molecular flexibility index (Phi) is 3.87. The van der Waals surface area contributed by atoms with Gasteiger partial charge in [0, 0.05) is 18.4 Å². The van der Waals surface area contributed by atoms with E-state index in [9.17, 15) is 13.2 Å². The zero-order valence-corrected chi connectivity index (χ0v) is 11.2. The standard InChI is InChI=1S/C11H13ClN2O3S/c12-10-7-13-4-1-9(10)11(15)14-8-2-5-18(16,17)6-3-8/h1,4,7-8H,2-3,5-6H2,(H,14,15). The van der Waals surface area contributed by atoms with Crippen molar-refractivity contribution in [3.63, 3.8) is 0 Å². The molecule has 5 nitrogen and oxygen atoms in total. The molecule has 0 unspecified atom stereocenters. The van der Waals surface area contributed by atoms with E-state index in [1.54, 1.807) is 0 Å². The van der Waals surface area contributed by atoms with E-state index in [1.807, 2.05) is 0 Å². The zero-order valence-electron chi connectivity index (χ0n) is 9.60. The molecule has 7 heteroatoms. The van der Waals surface area contributed by atoms with Gasteiger partial charge in [0.2, 0.25) is 0 Å². The molecule has 0 atom stereocenters. The Bertz CT molecular complexity index is 545. The number of carbonyl (C=O) groups is 1. The quantitative estimate of drug-likeness (QED) is 0.882. The van der Waals surface area contributed by atoms with Gasteiger partial charge in [0.15, 0.2) is 0 Å². The highest BCUT2D eigenvalue weighted by molar-refractivity contribution is 7.91. The fraction of sp³-hybridized carbons (Fsp3) is 0.455. The number of rotatable bonds is 2. The first-order valence-electron chi connectivity index (χ1n) is 5.59. The Morgan fingerprint density at radius 3 is 2.67 bits per heavy atom. The van der Waals surface area contributed by atoms with Gasteiger partial charge in [-0.15, -0.1) is 0 Å². The number of pyridine rings is 1. The molecule has 2 rings (SSSR count). The molecule has 98 valence electrons. The number of hydrogen-bond acceptors (Lipinski definition) is 4. The van der Waals surface area contributed by atoms with Crippen LogP contribution in [0.25, 0.3) is 0 Å². The highest BCUT2D eigenvalue weighted by Crippen LogP contribution is 2.16. The maximum atomic E-state index is 11.9. The van der Waals surface area contributed by atoms with Gasteiger partial charge in [-0.05, 0) is 18.9 Å².